The highest BCUT2D eigenvalue weighted by Crippen LogP contribution is 2.20. The molecule has 1 aromatic rings. The molecule has 1 saturated carbocycles. The van der Waals surface area contributed by atoms with Crippen molar-refractivity contribution in [3.05, 3.63) is 17.5 Å². The first-order chi connectivity index (χ1) is 7.99. The molecule has 0 unspecified atom stereocenters. The van der Waals surface area contributed by atoms with Crippen LogP contribution in [0.15, 0.2) is 6.20 Å². The third kappa shape index (κ3) is 2.32. The molecule has 0 bridgehead atoms. The molecule has 1 aliphatic rings. The lowest BCUT2D eigenvalue weighted by Gasteiger charge is -2.17. The van der Waals surface area contributed by atoms with Crippen molar-refractivity contribution in [3.8, 4) is 0 Å². The van der Waals surface area contributed by atoms with Crippen molar-refractivity contribution in [2.75, 3.05) is 0 Å². The Morgan fingerprint density at radius 1 is 1.53 bits per heavy atom. The van der Waals surface area contributed by atoms with E-state index in [-0.39, 0.29) is 11.9 Å². The molecule has 2 rings (SSSR count). The fourth-order valence-corrected chi connectivity index (χ4v) is 2.19. The second kappa shape index (κ2) is 4.46. The standard InChI is InChI=1S/C11H17N3O3/c1-6-7(5-14(2)13-6)11(17)12-8-3-4-9(15)10(8)16/h5,8-10,15-16H,3-4H2,1-2H3,(H,12,17)/t8-,9-,10-/m1/s1. The molecule has 1 aliphatic carbocycles. The highest BCUT2D eigenvalue weighted by molar-refractivity contribution is 5.95. The number of aliphatic hydroxyl groups excluding tert-OH is 2. The van der Waals surface area contributed by atoms with Crippen molar-refractivity contribution in [1.29, 1.82) is 0 Å². The van der Waals surface area contributed by atoms with E-state index in [0.29, 0.717) is 24.1 Å². The van der Waals surface area contributed by atoms with E-state index in [9.17, 15) is 15.0 Å². The van der Waals surface area contributed by atoms with Crippen LogP contribution in [0.25, 0.3) is 0 Å². The number of carbonyl (C=O) groups is 1. The van der Waals surface area contributed by atoms with Crippen LogP contribution in [0, 0.1) is 6.92 Å². The lowest BCUT2D eigenvalue weighted by molar-refractivity contribution is 0.0296. The Balaban J connectivity index is 2.05. The maximum atomic E-state index is 11.9. The van der Waals surface area contributed by atoms with Crippen LogP contribution in [0.4, 0.5) is 0 Å². The van der Waals surface area contributed by atoms with E-state index in [1.165, 1.54) is 0 Å². The molecule has 1 aromatic heterocycles. The first kappa shape index (κ1) is 12.1. The summed E-state index contributed by atoms with van der Waals surface area (Å²) in [6, 6.07) is -0.378. The zero-order chi connectivity index (χ0) is 12.6. The highest BCUT2D eigenvalue weighted by Gasteiger charge is 2.34. The molecule has 0 spiro atoms. The van der Waals surface area contributed by atoms with Gasteiger partial charge in [-0.05, 0) is 19.8 Å². The van der Waals surface area contributed by atoms with Crippen LogP contribution in [0.5, 0.6) is 0 Å². The number of amides is 1. The quantitative estimate of drug-likeness (QED) is 0.639. The molecule has 3 N–H and O–H groups in total. The molecule has 1 amide bonds. The molecular weight excluding hydrogens is 222 g/mol. The molecule has 3 atom stereocenters. The van der Waals surface area contributed by atoms with Gasteiger partial charge in [-0.2, -0.15) is 5.10 Å². The van der Waals surface area contributed by atoms with E-state index in [0.717, 1.165) is 0 Å². The van der Waals surface area contributed by atoms with E-state index in [4.69, 9.17) is 0 Å². The van der Waals surface area contributed by atoms with Crippen LogP contribution in [-0.2, 0) is 7.05 Å². The summed E-state index contributed by atoms with van der Waals surface area (Å²) >= 11 is 0. The van der Waals surface area contributed by atoms with E-state index in [2.05, 4.69) is 10.4 Å². The minimum Gasteiger partial charge on any atom is -0.390 e. The Morgan fingerprint density at radius 3 is 2.71 bits per heavy atom. The number of nitrogens with one attached hydrogen (secondary N) is 1. The van der Waals surface area contributed by atoms with Crippen LogP contribution >= 0.6 is 0 Å². The molecule has 1 heterocycles. The van der Waals surface area contributed by atoms with Crippen molar-refractivity contribution < 1.29 is 15.0 Å². The predicted molar refractivity (Wildman–Crippen MR) is 60.4 cm³/mol. The first-order valence-corrected chi connectivity index (χ1v) is 5.66. The van der Waals surface area contributed by atoms with Crippen LogP contribution in [-0.4, -0.2) is 44.2 Å². The van der Waals surface area contributed by atoms with Gasteiger partial charge in [0.1, 0.15) is 6.10 Å². The SMILES string of the molecule is Cc1nn(C)cc1C(=O)N[C@@H]1CC[C@@H](O)[C@@H]1O. The summed E-state index contributed by atoms with van der Waals surface area (Å²) in [6.07, 6.45) is 1.12. The van der Waals surface area contributed by atoms with Gasteiger partial charge in [-0.3, -0.25) is 9.48 Å². The van der Waals surface area contributed by atoms with Gasteiger partial charge in [-0.15, -0.1) is 0 Å². The van der Waals surface area contributed by atoms with Gasteiger partial charge in [-0.1, -0.05) is 0 Å². The molecule has 6 nitrogen and oxygen atoms in total. The third-order valence-electron chi connectivity index (χ3n) is 3.15. The van der Waals surface area contributed by atoms with E-state index in [1.54, 1.807) is 24.9 Å². The molecular formula is C11H17N3O3. The monoisotopic (exact) mass is 239 g/mol. The van der Waals surface area contributed by atoms with E-state index >= 15 is 0 Å². The lowest BCUT2D eigenvalue weighted by Crippen LogP contribution is -2.43. The minimum atomic E-state index is -0.879. The van der Waals surface area contributed by atoms with E-state index < -0.39 is 12.2 Å². The second-order valence-corrected chi connectivity index (χ2v) is 4.52. The van der Waals surface area contributed by atoms with Gasteiger partial charge >= 0.3 is 0 Å². The number of hydrogen-bond donors (Lipinski definition) is 3. The maximum Gasteiger partial charge on any atom is 0.255 e. The van der Waals surface area contributed by atoms with Crippen molar-refractivity contribution in [2.45, 2.75) is 38.0 Å². The van der Waals surface area contributed by atoms with Crippen molar-refractivity contribution in [3.63, 3.8) is 0 Å². The number of aryl methyl sites for hydroxylation is 2. The van der Waals surface area contributed by atoms with Crippen LogP contribution in [0.2, 0.25) is 0 Å². The van der Waals surface area contributed by atoms with Gasteiger partial charge in [0, 0.05) is 13.2 Å². The minimum absolute atomic E-state index is 0.256. The summed E-state index contributed by atoms with van der Waals surface area (Å²) in [6.45, 7) is 1.76. The molecule has 0 saturated heterocycles. The third-order valence-corrected chi connectivity index (χ3v) is 3.15. The Labute approximate surface area is 99.3 Å². The Morgan fingerprint density at radius 2 is 2.24 bits per heavy atom. The fraction of sp³-hybridized carbons (Fsp3) is 0.636. The summed E-state index contributed by atoms with van der Waals surface area (Å²) in [5.41, 5.74) is 1.15. The van der Waals surface area contributed by atoms with Crippen molar-refractivity contribution in [2.24, 2.45) is 7.05 Å². The average molecular weight is 239 g/mol. The van der Waals surface area contributed by atoms with Crippen LogP contribution in [0.3, 0.4) is 0 Å². The molecule has 0 aliphatic heterocycles. The number of hydrogen-bond acceptors (Lipinski definition) is 4. The highest BCUT2D eigenvalue weighted by atomic mass is 16.3. The Hall–Kier alpha value is -1.40. The number of carbonyl (C=O) groups excluding carboxylic acids is 1. The summed E-state index contributed by atoms with van der Waals surface area (Å²) in [5, 5.41) is 25.8. The smallest absolute Gasteiger partial charge is 0.255 e. The van der Waals surface area contributed by atoms with Gasteiger partial charge < -0.3 is 15.5 Å². The largest absolute Gasteiger partial charge is 0.390 e. The summed E-state index contributed by atoms with van der Waals surface area (Å²) < 4.78 is 1.57. The number of aliphatic hydroxyl groups is 2. The van der Waals surface area contributed by atoms with Gasteiger partial charge in [0.2, 0.25) is 0 Å². The summed E-state index contributed by atoms with van der Waals surface area (Å²) in [7, 11) is 1.75. The molecule has 0 radical (unpaired) electrons. The summed E-state index contributed by atoms with van der Waals surface area (Å²) in [4.78, 5) is 11.9. The first-order valence-electron chi connectivity index (χ1n) is 5.66. The molecule has 17 heavy (non-hydrogen) atoms. The van der Waals surface area contributed by atoms with Crippen molar-refractivity contribution in [1.82, 2.24) is 15.1 Å². The maximum absolute atomic E-state index is 11.9. The number of nitrogens with zero attached hydrogens (tertiary/aromatic N) is 2. The van der Waals surface area contributed by atoms with Crippen LogP contribution in [0.1, 0.15) is 28.9 Å². The summed E-state index contributed by atoms with van der Waals surface area (Å²) in [5.74, 6) is -0.256. The fourth-order valence-electron chi connectivity index (χ4n) is 2.19. The zero-order valence-electron chi connectivity index (χ0n) is 9.92. The number of rotatable bonds is 2. The van der Waals surface area contributed by atoms with Gasteiger partial charge in [0.15, 0.2) is 0 Å². The molecule has 0 aromatic carbocycles. The van der Waals surface area contributed by atoms with Gasteiger partial charge in [0.05, 0.1) is 23.4 Å². The van der Waals surface area contributed by atoms with Crippen LogP contribution < -0.4 is 5.32 Å². The molecule has 94 valence electrons. The zero-order valence-corrected chi connectivity index (χ0v) is 9.92. The Kier molecular flexibility index (Phi) is 3.17. The second-order valence-electron chi connectivity index (χ2n) is 4.52. The van der Waals surface area contributed by atoms with E-state index in [1.807, 2.05) is 0 Å². The molecule has 1 fully saturated rings. The predicted octanol–water partition coefficient (Wildman–Crippen LogP) is -0.657. The van der Waals surface area contributed by atoms with Gasteiger partial charge in [-0.25, -0.2) is 0 Å². The van der Waals surface area contributed by atoms with Gasteiger partial charge in [0.25, 0.3) is 5.91 Å². The Bertz CT molecular complexity index is 430. The average Bonchev–Trinajstić information content (AvgIpc) is 2.75. The van der Waals surface area contributed by atoms with Crippen molar-refractivity contribution >= 4 is 5.91 Å². The normalized spacial score (nSPS) is 28.4. The number of aromatic nitrogens is 2. The molecule has 6 heteroatoms. The topological polar surface area (TPSA) is 87.4 Å². The lowest BCUT2D eigenvalue weighted by atomic mass is 10.1.